The fraction of sp³-hybridized carbons (Fsp3) is 0.368. The maximum absolute atomic E-state index is 8.77. The molecule has 0 aromatic heterocycles. The summed E-state index contributed by atoms with van der Waals surface area (Å²) in [6.07, 6.45) is 1.38. The van der Waals surface area contributed by atoms with Gasteiger partial charge in [-0.1, -0.05) is 11.6 Å². The molecule has 0 aliphatic rings. The summed E-state index contributed by atoms with van der Waals surface area (Å²) in [6, 6.07) is 12.9. The van der Waals surface area contributed by atoms with Crippen molar-refractivity contribution in [3.63, 3.8) is 0 Å². The number of aliphatic hydroxyl groups is 1. The average molecular weight is 432 g/mol. The Morgan fingerprint density at radius 1 is 1.00 bits per heavy atom. The van der Waals surface area contributed by atoms with E-state index in [9.17, 15) is 0 Å². The molecule has 2 rings (SSSR count). The Hall–Kier alpha value is -1.47. The van der Waals surface area contributed by atoms with Gasteiger partial charge >= 0.3 is 0 Å². The molecule has 0 saturated heterocycles. The van der Waals surface area contributed by atoms with Gasteiger partial charge in [0.15, 0.2) is 12.2 Å². The maximum Gasteiger partial charge on any atom is 0.179 e. The van der Waals surface area contributed by atoms with E-state index in [0.717, 1.165) is 17.9 Å². The third-order valence-electron chi connectivity index (χ3n) is 3.46. The first kappa shape index (κ1) is 21.8. The zero-order valence-electron chi connectivity index (χ0n) is 15.1. The van der Waals surface area contributed by atoms with Crippen molar-refractivity contribution in [1.82, 2.24) is 0 Å². The van der Waals surface area contributed by atoms with Gasteiger partial charge < -0.3 is 18.8 Å². The lowest BCUT2D eigenvalue weighted by molar-refractivity contribution is 0.233. The molecule has 0 aliphatic carbocycles. The molecule has 148 valence electrons. The molecule has 0 aliphatic heterocycles. The molecule has 0 fully saturated rings. The van der Waals surface area contributed by atoms with Gasteiger partial charge in [0.05, 0.1) is 18.2 Å². The molecule has 0 heterocycles. The van der Waals surface area contributed by atoms with E-state index in [1.807, 2.05) is 35.6 Å². The van der Waals surface area contributed by atoms with Gasteiger partial charge in [-0.3, -0.25) is 4.31 Å². The molecule has 0 saturated carbocycles. The highest BCUT2D eigenvalue weighted by molar-refractivity contribution is 7.96. The van der Waals surface area contributed by atoms with Gasteiger partial charge in [0.1, 0.15) is 17.2 Å². The Morgan fingerprint density at radius 3 is 2.37 bits per heavy atom. The normalized spacial score (nSPS) is 10.5. The first-order valence-electron chi connectivity index (χ1n) is 8.54. The van der Waals surface area contributed by atoms with E-state index >= 15 is 0 Å². The van der Waals surface area contributed by atoms with Crippen LogP contribution in [0.4, 0.5) is 5.69 Å². The minimum absolute atomic E-state index is 0.124. The smallest absolute Gasteiger partial charge is 0.179 e. The number of benzene rings is 2. The average Bonchev–Trinajstić information content (AvgIpc) is 2.68. The number of aliphatic hydroxyl groups excluding tert-OH is 1. The lowest BCUT2D eigenvalue weighted by atomic mass is 10.3. The Balaban J connectivity index is 1.84. The van der Waals surface area contributed by atoms with Crippen molar-refractivity contribution in [3.05, 3.63) is 47.5 Å². The van der Waals surface area contributed by atoms with Crippen LogP contribution in [0.2, 0.25) is 5.02 Å². The van der Waals surface area contributed by atoms with E-state index in [1.165, 1.54) is 12.2 Å². The van der Waals surface area contributed by atoms with Gasteiger partial charge in [0.25, 0.3) is 0 Å². The molecule has 0 amide bonds. The second kappa shape index (κ2) is 12.1. The van der Waals surface area contributed by atoms with Crippen molar-refractivity contribution < 1.29 is 18.8 Å². The molecule has 0 bridgehead atoms. The fourth-order valence-corrected chi connectivity index (χ4v) is 2.88. The summed E-state index contributed by atoms with van der Waals surface area (Å²) < 4.78 is 18.7. The van der Waals surface area contributed by atoms with Crippen LogP contribution >= 0.6 is 35.4 Å². The zero-order chi connectivity index (χ0) is 19.5. The fourth-order valence-electron chi connectivity index (χ4n) is 2.04. The molecule has 0 atom stereocenters. The van der Waals surface area contributed by atoms with Crippen molar-refractivity contribution in [2.45, 2.75) is 12.8 Å². The number of halogens is 2. The Kier molecular flexibility index (Phi) is 9.77. The quantitative estimate of drug-likeness (QED) is 0.216. The number of nitrogens with zero attached hydrogens (tertiary/aromatic N) is 1. The van der Waals surface area contributed by atoms with Crippen molar-refractivity contribution >= 4 is 41.1 Å². The summed E-state index contributed by atoms with van der Waals surface area (Å²) >= 11 is 13.0. The summed E-state index contributed by atoms with van der Waals surface area (Å²) in [7, 11) is 1.90. The first-order valence-corrected chi connectivity index (χ1v) is 10.2. The molecule has 2 aromatic rings. The summed E-state index contributed by atoms with van der Waals surface area (Å²) in [5.74, 6) is 2.57. The lowest BCUT2D eigenvalue weighted by Gasteiger charge is -2.17. The van der Waals surface area contributed by atoms with Gasteiger partial charge in [-0.05, 0) is 42.8 Å². The molecule has 0 unspecified atom stereocenters. The van der Waals surface area contributed by atoms with Crippen LogP contribution < -0.4 is 18.0 Å². The molecule has 1 N–H and O–H groups in total. The summed E-state index contributed by atoms with van der Waals surface area (Å²) in [6.45, 7) is 1.15. The maximum atomic E-state index is 8.77. The van der Waals surface area contributed by atoms with Crippen LogP contribution in [0, 0.1) is 0 Å². The zero-order valence-corrected chi connectivity index (χ0v) is 17.4. The first-order chi connectivity index (χ1) is 13.1. The number of hydrogen-bond acceptors (Lipinski definition) is 6. The van der Waals surface area contributed by atoms with Crippen LogP contribution in [-0.4, -0.2) is 37.9 Å². The van der Waals surface area contributed by atoms with E-state index in [0.29, 0.717) is 42.0 Å². The number of rotatable bonds is 12. The molecular weight excluding hydrogens is 409 g/mol. The number of hydrogen-bond donors (Lipinski definition) is 1. The minimum atomic E-state index is 0.124. The van der Waals surface area contributed by atoms with Crippen molar-refractivity contribution in [2.75, 3.05) is 37.1 Å². The largest absolute Gasteiger partial charge is 0.494 e. The Labute approximate surface area is 174 Å². The Bertz CT molecular complexity index is 688. The minimum Gasteiger partial charge on any atom is -0.494 e. The lowest BCUT2D eigenvalue weighted by Crippen LogP contribution is -2.08. The van der Waals surface area contributed by atoms with Gasteiger partial charge in [0.2, 0.25) is 0 Å². The highest BCUT2D eigenvalue weighted by atomic mass is 35.5. The second-order valence-corrected chi connectivity index (χ2v) is 7.21. The van der Waals surface area contributed by atoms with Gasteiger partial charge in [0, 0.05) is 37.7 Å². The summed E-state index contributed by atoms with van der Waals surface area (Å²) in [5.41, 5.74) is 0.960. The number of alkyl halides is 1. The van der Waals surface area contributed by atoms with Gasteiger partial charge in [-0.25, -0.2) is 0 Å². The third-order valence-corrected chi connectivity index (χ3v) is 4.72. The highest BCUT2D eigenvalue weighted by Gasteiger charge is 2.08. The number of anilines is 1. The van der Waals surface area contributed by atoms with Crippen LogP contribution in [0.25, 0.3) is 0 Å². The van der Waals surface area contributed by atoms with Crippen molar-refractivity contribution in [1.29, 1.82) is 0 Å². The van der Waals surface area contributed by atoms with E-state index < -0.39 is 0 Å². The van der Waals surface area contributed by atoms with E-state index in [2.05, 4.69) is 0 Å². The van der Waals surface area contributed by atoms with Crippen LogP contribution in [0.3, 0.4) is 0 Å². The van der Waals surface area contributed by atoms with Crippen molar-refractivity contribution in [3.8, 4) is 17.2 Å². The van der Waals surface area contributed by atoms with E-state index in [1.54, 1.807) is 18.2 Å². The molecule has 2 aromatic carbocycles. The predicted octanol–water partition coefficient (Wildman–Crippen LogP) is 5.19. The van der Waals surface area contributed by atoms with Crippen LogP contribution in [0.15, 0.2) is 42.5 Å². The van der Waals surface area contributed by atoms with Crippen LogP contribution in [0.5, 0.6) is 17.2 Å². The molecule has 27 heavy (non-hydrogen) atoms. The summed E-state index contributed by atoms with van der Waals surface area (Å²) in [4.78, 5) is 0. The van der Waals surface area contributed by atoms with E-state index in [4.69, 9.17) is 42.0 Å². The molecular formula is C19H23Cl2NO4S. The van der Waals surface area contributed by atoms with Gasteiger partial charge in [-0.15, -0.1) is 11.6 Å². The second-order valence-electron chi connectivity index (χ2n) is 5.56. The van der Waals surface area contributed by atoms with Crippen molar-refractivity contribution in [2.24, 2.45) is 0 Å². The SMILES string of the molecule is CN(SOc1ccc(OCCCCl)c(Cl)c1)c1ccc(OCCCO)cc1. The van der Waals surface area contributed by atoms with Crippen LogP contribution in [0.1, 0.15) is 12.8 Å². The molecule has 5 nitrogen and oxygen atoms in total. The van der Waals surface area contributed by atoms with Gasteiger partial charge in [-0.2, -0.15) is 0 Å². The monoisotopic (exact) mass is 431 g/mol. The predicted molar refractivity (Wildman–Crippen MR) is 113 cm³/mol. The topological polar surface area (TPSA) is 51.2 Å². The van der Waals surface area contributed by atoms with Crippen LogP contribution in [-0.2, 0) is 0 Å². The third kappa shape index (κ3) is 7.58. The highest BCUT2D eigenvalue weighted by Crippen LogP contribution is 2.32. The number of ether oxygens (including phenoxy) is 2. The summed E-state index contributed by atoms with van der Waals surface area (Å²) in [5, 5.41) is 9.27. The molecule has 0 spiro atoms. The van der Waals surface area contributed by atoms with E-state index in [-0.39, 0.29) is 6.61 Å². The molecule has 8 heteroatoms. The molecule has 0 radical (unpaired) electrons. The Morgan fingerprint density at radius 2 is 1.70 bits per heavy atom. The standard InChI is InChI=1S/C19H23Cl2NO4S/c1-22(15-4-6-16(7-5-15)24-13-3-11-23)27-26-17-8-9-19(18(21)14-17)25-12-2-10-20/h4-9,14,23H,2-3,10-13H2,1H3.